The van der Waals surface area contributed by atoms with Crippen LogP contribution in [0.4, 0.5) is 26.3 Å². The number of benzene rings is 4. The van der Waals surface area contributed by atoms with Crippen molar-refractivity contribution < 1.29 is 64.6 Å². The first kappa shape index (κ1) is 66.8. The molecule has 0 aliphatic heterocycles. The highest BCUT2D eigenvalue weighted by molar-refractivity contribution is 5.49. The molecule has 388 valence electrons. The fraction of sp³-hybridized carbons (Fsp3) is 0.429. The van der Waals surface area contributed by atoms with E-state index in [1.807, 2.05) is 86.7 Å². The first-order valence-corrected chi connectivity index (χ1v) is 23.0. The van der Waals surface area contributed by atoms with E-state index in [9.17, 15) is 26.3 Å². The summed E-state index contributed by atoms with van der Waals surface area (Å²) in [5, 5.41) is 7.57. The highest BCUT2D eigenvalue weighted by Crippen LogP contribution is 2.40. The third-order valence-electron chi connectivity index (χ3n) is 7.97. The van der Waals surface area contributed by atoms with Crippen molar-refractivity contribution in [2.45, 2.75) is 98.6 Å². The molecule has 0 fully saturated rings. The third-order valence-corrected chi connectivity index (χ3v) is 7.97. The van der Waals surface area contributed by atoms with Crippen LogP contribution in [0.25, 0.3) is 12.2 Å². The number of terminal acetylenes is 1. The summed E-state index contributed by atoms with van der Waals surface area (Å²) < 4.78 is 108. The maximum absolute atomic E-state index is 12.8. The van der Waals surface area contributed by atoms with E-state index in [1.165, 1.54) is 36.1 Å². The predicted octanol–water partition coefficient (Wildman–Crippen LogP) is 13.9. The van der Waals surface area contributed by atoms with Crippen LogP contribution in [0, 0.1) is 24.2 Å². The average Bonchev–Trinajstić information content (AvgIpc) is 3.36. The normalized spacial score (nSPS) is 10.8. The largest absolute Gasteiger partial charge is 0.490 e. The Morgan fingerprint density at radius 2 is 0.857 bits per heavy atom. The second-order valence-corrected chi connectivity index (χ2v) is 14.0. The van der Waals surface area contributed by atoms with Gasteiger partial charge in [0.1, 0.15) is 13.6 Å². The molecule has 8 nitrogen and oxygen atoms in total. The van der Waals surface area contributed by atoms with Crippen molar-refractivity contribution in [1.82, 2.24) is 0 Å². The SMILES string of the molecule is C#CC.C(=C\c1ccccc1)/COCOC/C=C/c1ccccc1.CC#CC.CCCOC(F)(F)OC(F)(F)C(F)(F)OCCC.CCO.c1ccc(CCCOCOCCCc2ccccc2)cc1. The van der Waals surface area contributed by atoms with E-state index < -0.39 is 31.7 Å². The zero-order valence-electron chi connectivity index (χ0n) is 41.6. The lowest BCUT2D eigenvalue weighted by molar-refractivity contribution is -0.526. The molecule has 70 heavy (non-hydrogen) atoms. The topological polar surface area (TPSA) is 84.8 Å². The van der Waals surface area contributed by atoms with Gasteiger partial charge < -0.3 is 28.8 Å². The van der Waals surface area contributed by atoms with Crippen molar-refractivity contribution in [3.63, 3.8) is 0 Å². The fourth-order valence-corrected chi connectivity index (χ4v) is 4.78. The quantitative estimate of drug-likeness (QED) is 0.0274. The molecule has 0 atom stereocenters. The molecule has 14 heteroatoms. The van der Waals surface area contributed by atoms with Crippen LogP contribution in [0.15, 0.2) is 133 Å². The van der Waals surface area contributed by atoms with Crippen LogP contribution in [0.5, 0.6) is 0 Å². The Morgan fingerprint density at radius 3 is 1.21 bits per heavy atom. The highest BCUT2D eigenvalue weighted by atomic mass is 19.3. The molecule has 0 aliphatic carbocycles. The number of aliphatic hydroxyl groups is 1. The summed E-state index contributed by atoms with van der Waals surface area (Å²) in [5.74, 6) is 7.61. The molecule has 0 aromatic heterocycles. The molecule has 0 aliphatic rings. The molecule has 0 saturated heterocycles. The summed E-state index contributed by atoms with van der Waals surface area (Å²) in [6, 6.07) is 41.3. The van der Waals surface area contributed by atoms with Crippen LogP contribution in [0.2, 0.25) is 0 Å². The second kappa shape index (κ2) is 46.1. The van der Waals surface area contributed by atoms with Gasteiger partial charge in [0.15, 0.2) is 0 Å². The maximum Gasteiger partial charge on any atom is 0.490 e. The van der Waals surface area contributed by atoms with Crippen molar-refractivity contribution in [2.75, 3.05) is 59.8 Å². The molecule has 4 rings (SSSR count). The lowest BCUT2D eigenvalue weighted by atomic mass is 10.1. The molecule has 0 radical (unpaired) electrons. The van der Waals surface area contributed by atoms with Gasteiger partial charge in [0.25, 0.3) is 0 Å². The molecule has 4 aromatic rings. The van der Waals surface area contributed by atoms with E-state index in [4.69, 9.17) is 24.1 Å². The van der Waals surface area contributed by atoms with Crippen LogP contribution in [-0.4, -0.2) is 83.5 Å². The number of alkyl halides is 6. The van der Waals surface area contributed by atoms with Gasteiger partial charge in [0.05, 0.1) is 26.4 Å². The molecule has 0 bridgehead atoms. The van der Waals surface area contributed by atoms with Gasteiger partial charge in [0.2, 0.25) is 0 Å². The number of aliphatic hydroxyl groups excluding tert-OH is 1. The van der Waals surface area contributed by atoms with Gasteiger partial charge in [-0.3, -0.25) is 4.74 Å². The van der Waals surface area contributed by atoms with Gasteiger partial charge in [-0.05, 0) is 88.5 Å². The Morgan fingerprint density at radius 1 is 0.514 bits per heavy atom. The summed E-state index contributed by atoms with van der Waals surface area (Å²) in [5.41, 5.74) is 5.08. The molecule has 1 N–H and O–H groups in total. The summed E-state index contributed by atoms with van der Waals surface area (Å²) in [7, 11) is 0. The van der Waals surface area contributed by atoms with Gasteiger partial charge in [0, 0.05) is 19.8 Å². The van der Waals surface area contributed by atoms with E-state index in [1.54, 1.807) is 13.8 Å². The van der Waals surface area contributed by atoms with Crippen LogP contribution in [0.1, 0.15) is 89.5 Å². The van der Waals surface area contributed by atoms with Gasteiger partial charge in [-0.2, -0.15) is 17.6 Å². The number of rotatable bonds is 27. The summed E-state index contributed by atoms with van der Waals surface area (Å²) >= 11 is 0. The minimum absolute atomic E-state index is 0.00833. The van der Waals surface area contributed by atoms with Gasteiger partial charge in [-0.25, -0.2) is 4.74 Å². The van der Waals surface area contributed by atoms with E-state index >= 15 is 0 Å². The van der Waals surface area contributed by atoms with E-state index in [0.29, 0.717) is 26.8 Å². The van der Waals surface area contributed by atoms with Crippen molar-refractivity contribution in [3.05, 3.63) is 156 Å². The maximum atomic E-state index is 12.8. The van der Waals surface area contributed by atoms with Crippen molar-refractivity contribution >= 4 is 12.2 Å². The Hall–Kier alpha value is -5.26. The highest BCUT2D eigenvalue weighted by Gasteiger charge is 2.64. The lowest BCUT2D eigenvalue weighted by Crippen LogP contribution is -2.49. The van der Waals surface area contributed by atoms with E-state index in [0.717, 1.165) is 38.9 Å². The summed E-state index contributed by atoms with van der Waals surface area (Å²) in [6.45, 7) is 12.0. The van der Waals surface area contributed by atoms with Crippen molar-refractivity contribution in [1.29, 1.82) is 0 Å². The zero-order valence-corrected chi connectivity index (χ0v) is 41.6. The molecular weight excluding hydrogens is 915 g/mol. The minimum atomic E-state index is -5.50. The van der Waals surface area contributed by atoms with Gasteiger partial charge >= 0.3 is 18.5 Å². The number of ether oxygens (including phenoxy) is 7. The Balaban J connectivity index is 0. The molecule has 0 amide bonds. The Bertz CT molecular complexity index is 1800. The Kier molecular flexibility index (Phi) is 44.0. The summed E-state index contributed by atoms with van der Waals surface area (Å²) in [6.07, 6.45) is 1.45. The van der Waals surface area contributed by atoms with Crippen LogP contribution in [0.3, 0.4) is 0 Å². The standard InChI is InChI=1S/C19H24O2.C19H20O2.C9H14F6O3.C4H6.C3H4.C2H6O/c2*1-3-9-18(10-4-1)13-7-15-20-17-21-16-8-14-19-11-5-2-6-12-19;1-3-5-16-7(10,11)8(12,13)18-9(14,15)17-6-4-2;1-3-4-2;1-3-2;1-2-3/h1-6,9-12H,7-8,13-17H2;1-14H,15-17H2;3-6H2,1-2H3;1-2H3;1H,2H3;3H,2H2,1H3/b;13-7+,14-8+;;;;. The number of hydrogen-bond acceptors (Lipinski definition) is 8. The lowest BCUT2D eigenvalue weighted by Gasteiger charge is -2.28. The van der Waals surface area contributed by atoms with Crippen molar-refractivity contribution in [2.24, 2.45) is 0 Å². The van der Waals surface area contributed by atoms with Gasteiger partial charge in [-0.15, -0.1) is 33.0 Å². The smallest absolute Gasteiger partial charge is 0.397 e. The third kappa shape index (κ3) is 40.6. The number of hydrogen-bond donors (Lipinski definition) is 1. The number of aryl methyl sites for hydroxylation is 2. The summed E-state index contributed by atoms with van der Waals surface area (Å²) in [4.78, 5) is 0. The van der Waals surface area contributed by atoms with Crippen LogP contribution >= 0.6 is 0 Å². The Labute approximate surface area is 414 Å². The first-order chi connectivity index (χ1) is 33.7. The second-order valence-electron chi connectivity index (χ2n) is 14.0. The van der Waals surface area contributed by atoms with E-state index in [-0.39, 0.29) is 19.4 Å². The molecule has 0 saturated carbocycles. The predicted molar refractivity (Wildman–Crippen MR) is 269 cm³/mol. The minimum Gasteiger partial charge on any atom is -0.397 e. The van der Waals surface area contributed by atoms with Gasteiger partial charge in [-0.1, -0.05) is 159 Å². The van der Waals surface area contributed by atoms with Crippen molar-refractivity contribution in [3.8, 4) is 24.2 Å². The van der Waals surface area contributed by atoms with E-state index in [2.05, 4.69) is 111 Å². The zero-order chi connectivity index (χ0) is 52.5. The first-order valence-electron chi connectivity index (χ1n) is 23.0. The molecule has 0 unspecified atom stereocenters. The number of halogens is 6. The van der Waals surface area contributed by atoms with Crippen LogP contribution < -0.4 is 0 Å². The fourth-order valence-electron chi connectivity index (χ4n) is 4.78. The monoisotopic (exact) mass is 989 g/mol. The average molecular weight is 989 g/mol. The molecule has 0 heterocycles. The molecular formula is C56H74F6O8. The molecule has 0 spiro atoms. The molecule has 4 aromatic carbocycles. The van der Waals surface area contributed by atoms with Crippen LogP contribution in [-0.2, 0) is 46.0 Å².